The number of thiol groups is 1. The molecule has 1 amide bonds. The van der Waals surface area contributed by atoms with Crippen LogP contribution in [0.15, 0.2) is 0 Å². The van der Waals surface area contributed by atoms with E-state index in [-0.39, 0.29) is 11.2 Å². The molecule has 0 spiro atoms. The number of hydrogen-bond acceptors (Lipinski definition) is 3. The van der Waals surface area contributed by atoms with E-state index in [9.17, 15) is 4.79 Å². The van der Waals surface area contributed by atoms with Crippen LogP contribution in [0.25, 0.3) is 0 Å². The summed E-state index contributed by atoms with van der Waals surface area (Å²) in [6, 6.07) is 0.380. The lowest BCUT2D eigenvalue weighted by Gasteiger charge is -2.23. The van der Waals surface area contributed by atoms with Crippen LogP contribution < -0.4 is 5.32 Å². The maximum Gasteiger partial charge on any atom is 0.232 e. The lowest BCUT2D eigenvalue weighted by molar-refractivity contribution is -0.120. The average Bonchev–Trinajstić information content (AvgIpc) is 2.06. The second kappa shape index (κ2) is 5.02. The molecule has 1 aliphatic rings. The van der Waals surface area contributed by atoms with Gasteiger partial charge in [0.1, 0.15) is 0 Å². The normalized spacial score (nSPS) is 26.3. The van der Waals surface area contributed by atoms with Gasteiger partial charge < -0.3 is 5.32 Å². The second-order valence-electron chi connectivity index (χ2n) is 3.10. The van der Waals surface area contributed by atoms with Crippen LogP contribution in [-0.2, 0) is 4.79 Å². The second-order valence-corrected chi connectivity index (χ2v) is 5.02. The van der Waals surface area contributed by atoms with Crippen LogP contribution in [0.3, 0.4) is 0 Å². The fraction of sp³-hybridized carbons (Fsp3) is 0.875. The van der Waals surface area contributed by atoms with Crippen molar-refractivity contribution in [2.24, 2.45) is 0 Å². The Kier molecular flexibility index (Phi) is 4.29. The number of amides is 1. The minimum Gasteiger partial charge on any atom is -0.352 e. The molecule has 0 bridgehead atoms. The molecule has 2 nitrogen and oxygen atoms in total. The van der Waals surface area contributed by atoms with E-state index in [0.29, 0.717) is 6.04 Å². The van der Waals surface area contributed by atoms with Crippen molar-refractivity contribution in [2.45, 2.75) is 31.1 Å². The van der Waals surface area contributed by atoms with Crippen molar-refractivity contribution >= 4 is 30.3 Å². The molecular weight excluding hydrogens is 190 g/mol. The molecule has 1 N–H and O–H groups in total. The number of carbonyl (C=O) groups excluding carboxylic acids is 1. The van der Waals surface area contributed by atoms with Gasteiger partial charge in [-0.15, -0.1) is 0 Å². The Morgan fingerprint density at radius 3 is 3.00 bits per heavy atom. The number of nitrogens with one attached hydrogen (secondary N) is 1. The topological polar surface area (TPSA) is 29.1 Å². The third-order valence-electron chi connectivity index (χ3n) is 1.89. The Morgan fingerprint density at radius 2 is 2.50 bits per heavy atom. The maximum absolute atomic E-state index is 11.2. The summed E-state index contributed by atoms with van der Waals surface area (Å²) >= 11 is 5.99. The van der Waals surface area contributed by atoms with Gasteiger partial charge in [-0.25, -0.2) is 0 Å². The van der Waals surface area contributed by atoms with Crippen LogP contribution in [0.1, 0.15) is 19.8 Å². The van der Waals surface area contributed by atoms with Crippen molar-refractivity contribution in [3.8, 4) is 0 Å². The largest absolute Gasteiger partial charge is 0.352 e. The monoisotopic (exact) mass is 205 g/mol. The molecule has 70 valence electrons. The number of rotatable bonds is 2. The van der Waals surface area contributed by atoms with Gasteiger partial charge in [-0.1, -0.05) is 0 Å². The highest BCUT2D eigenvalue weighted by Gasteiger charge is 2.17. The van der Waals surface area contributed by atoms with Crippen LogP contribution in [0.5, 0.6) is 0 Å². The third-order valence-corrected chi connectivity index (χ3v) is 3.34. The molecule has 1 fully saturated rings. The first kappa shape index (κ1) is 10.3. The van der Waals surface area contributed by atoms with Crippen molar-refractivity contribution < 1.29 is 4.79 Å². The summed E-state index contributed by atoms with van der Waals surface area (Å²) in [6.45, 7) is 1.80. The summed E-state index contributed by atoms with van der Waals surface area (Å²) in [6.07, 6.45) is 2.34. The Labute approximate surface area is 83.3 Å². The molecule has 1 rings (SSSR count). The van der Waals surface area contributed by atoms with Crippen molar-refractivity contribution in [1.29, 1.82) is 0 Å². The Bertz CT molecular complexity index is 155. The first-order valence-corrected chi connectivity index (χ1v) is 5.93. The number of thioether (sulfide) groups is 1. The fourth-order valence-electron chi connectivity index (χ4n) is 1.18. The van der Waals surface area contributed by atoms with Gasteiger partial charge in [0, 0.05) is 11.8 Å². The molecule has 0 radical (unpaired) electrons. The van der Waals surface area contributed by atoms with Gasteiger partial charge in [0.05, 0.1) is 5.25 Å². The lowest BCUT2D eigenvalue weighted by atomic mass is 10.2. The van der Waals surface area contributed by atoms with Gasteiger partial charge in [-0.3, -0.25) is 4.79 Å². The molecule has 0 aromatic carbocycles. The third kappa shape index (κ3) is 3.27. The van der Waals surface area contributed by atoms with E-state index in [1.165, 1.54) is 12.2 Å². The lowest BCUT2D eigenvalue weighted by Crippen LogP contribution is -2.41. The molecule has 0 aliphatic carbocycles. The van der Waals surface area contributed by atoms with Gasteiger partial charge in [0.25, 0.3) is 0 Å². The zero-order chi connectivity index (χ0) is 8.97. The standard InChI is InChI=1S/C8H15NOS2/c1-6(11)8(10)9-7-3-2-4-12-5-7/h6-7,11H,2-5H2,1H3,(H,9,10). The summed E-state index contributed by atoms with van der Waals surface area (Å²) in [5.74, 6) is 2.36. The van der Waals surface area contributed by atoms with E-state index < -0.39 is 0 Å². The average molecular weight is 205 g/mol. The molecular formula is C8H15NOS2. The SMILES string of the molecule is CC(S)C(=O)NC1CCCSC1. The van der Waals surface area contributed by atoms with Crippen LogP contribution in [-0.4, -0.2) is 28.7 Å². The van der Waals surface area contributed by atoms with Crippen molar-refractivity contribution in [2.75, 3.05) is 11.5 Å². The Hall–Kier alpha value is 0.170. The minimum absolute atomic E-state index is 0.0610. The number of carbonyl (C=O) groups is 1. The minimum atomic E-state index is -0.183. The summed E-state index contributed by atoms with van der Waals surface area (Å²) in [7, 11) is 0. The Morgan fingerprint density at radius 1 is 1.75 bits per heavy atom. The van der Waals surface area contributed by atoms with Gasteiger partial charge in [0.2, 0.25) is 5.91 Å². The van der Waals surface area contributed by atoms with Crippen molar-refractivity contribution in [1.82, 2.24) is 5.32 Å². The van der Waals surface area contributed by atoms with E-state index in [0.717, 1.165) is 12.2 Å². The highest BCUT2D eigenvalue weighted by atomic mass is 32.2. The fourth-order valence-corrected chi connectivity index (χ4v) is 2.32. The van der Waals surface area contributed by atoms with Gasteiger partial charge in [0.15, 0.2) is 0 Å². The predicted molar refractivity (Wildman–Crippen MR) is 56.9 cm³/mol. The van der Waals surface area contributed by atoms with Crippen LogP contribution in [0, 0.1) is 0 Å². The first-order valence-electron chi connectivity index (χ1n) is 4.26. The molecule has 2 atom stereocenters. The van der Waals surface area contributed by atoms with Crippen molar-refractivity contribution in [3.63, 3.8) is 0 Å². The van der Waals surface area contributed by atoms with E-state index in [2.05, 4.69) is 17.9 Å². The molecule has 1 saturated heterocycles. The molecule has 2 unspecified atom stereocenters. The van der Waals surface area contributed by atoms with Gasteiger partial charge in [-0.05, 0) is 25.5 Å². The highest BCUT2D eigenvalue weighted by molar-refractivity contribution is 7.99. The van der Waals surface area contributed by atoms with Crippen LogP contribution >= 0.6 is 24.4 Å². The first-order chi connectivity index (χ1) is 5.70. The zero-order valence-electron chi connectivity index (χ0n) is 7.25. The molecule has 12 heavy (non-hydrogen) atoms. The maximum atomic E-state index is 11.2. The van der Waals surface area contributed by atoms with Crippen LogP contribution in [0.2, 0.25) is 0 Å². The van der Waals surface area contributed by atoms with Gasteiger partial charge in [-0.2, -0.15) is 24.4 Å². The quantitative estimate of drug-likeness (QED) is 0.666. The molecule has 0 aromatic rings. The molecule has 0 aromatic heterocycles. The van der Waals surface area contributed by atoms with E-state index in [4.69, 9.17) is 0 Å². The van der Waals surface area contributed by atoms with E-state index in [1.807, 2.05) is 11.8 Å². The predicted octanol–water partition coefficient (Wildman–Crippen LogP) is 1.32. The molecule has 4 heteroatoms. The smallest absolute Gasteiger partial charge is 0.232 e. The number of hydrogen-bond donors (Lipinski definition) is 2. The molecule has 1 heterocycles. The Balaban J connectivity index is 2.24. The summed E-state index contributed by atoms with van der Waals surface area (Å²) < 4.78 is 0. The van der Waals surface area contributed by atoms with Gasteiger partial charge >= 0.3 is 0 Å². The van der Waals surface area contributed by atoms with Crippen LogP contribution in [0.4, 0.5) is 0 Å². The molecule has 0 saturated carbocycles. The van der Waals surface area contributed by atoms with E-state index in [1.54, 1.807) is 6.92 Å². The van der Waals surface area contributed by atoms with E-state index >= 15 is 0 Å². The summed E-state index contributed by atoms with van der Waals surface area (Å²) in [4.78, 5) is 11.2. The zero-order valence-corrected chi connectivity index (χ0v) is 8.96. The summed E-state index contributed by atoms with van der Waals surface area (Å²) in [5.41, 5.74) is 0. The van der Waals surface area contributed by atoms with Crippen molar-refractivity contribution in [3.05, 3.63) is 0 Å². The highest BCUT2D eigenvalue weighted by Crippen LogP contribution is 2.16. The molecule has 1 aliphatic heterocycles. The summed E-state index contributed by atoms with van der Waals surface area (Å²) in [5, 5.41) is 2.80.